The molecular formula is C31H26N2O4S. The third-order valence-corrected chi connectivity index (χ3v) is 6.14. The molecule has 0 radical (unpaired) electrons. The Bertz CT molecular complexity index is 1460. The van der Waals surface area contributed by atoms with Gasteiger partial charge in [0.25, 0.3) is 11.8 Å². The van der Waals surface area contributed by atoms with Crippen molar-refractivity contribution in [3.8, 4) is 5.75 Å². The highest BCUT2D eigenvalue weighted by molar-refractivity contribution is 7.08. The van der Waals surface area contributed by atoms with E-state index >= 15 is 0 Å². The van der Waals surface area contributed by atoms with Crippen molar-refractivity contribution in [3.63, 3.8) is 0 Å². The molecule has 190 valence electrons. The normalized spacial score (nSPS) is 11.2. The molecule has 2 amide bonds. The van der Waals surface area contributed by atoms with E-state index in [-0.39, 0.29) is 17.4 Å². The number of nitrogens with one attached hydrogen (secondary N) is 2. The first-order valence-corrected chi connectivity index (χ1v) is 12.9. The molecule has 0 unspecified atom stereocenters. The number of hydrogen-bond acceptors (Lipinski definition) is 5. The van der Waals surface area contributed by atoms with Gasteiger partial charge < -0.3 is 15.4 Å². The Labute approximate surface area is 225 Å². The molecule has 0 aliphatic heterocycles. The lowest BCUT2D eigenvalue weighted by Gasteiger charge is -2.11. The first-order valence-electron chi connectivity index (χ1n) is 12.0. The molecule has 3 aromatic carbocycles. The first kappa shape index (κ1) is 26.3. The Morgan fingerprint density at radius 2 is 1.61 bits per heavy atom. The molecule has 0 saturated heterocycles. The van der Waals surface area contributed by atoms with Gasteiger partial charge in [0.2, 0.25) is 0 Å². The third-order valence-electron chi connectivity index (χ3n) is 5.44. The van der Waals surface area contributed by atoms with Crippen LogP contribution in [0.1, 0.15) is 38.8 Å². The zero-order valence-electron chi connectivity index (χ0n) is 20.7. The minimum atomic E-state index is -0.480. The number of amides is 2. The summed E-state index contributed by atoms with van der Waals surface area (Å²) in [5, 5.41) is 9.27. The van der Waals surface area contributed by atoms with E-state index in [9.17, 15) is 14.4 Å². The van der Waals surface area contributed by atoms with E-state index < -0.39 is 5.91 Å². The van der Waals surface area contributed by atoms with E-state index in [1.807, 2.05) is 54.1 Å². The van der Waals surface area contributed by atoms with Crippen molar-refractivity contribution in [1.82, 2.24) is 5.32 Å². The lowest BCUT2D eigenvalue weighted by Crippen LogP contribution is -2.30. The number of ketones is 1. The van der Waals surface area contributed by atoms with E-state index in [2.05, 4.69) is 10.6 Å². The van der Waals surface area contributed by atoms with Crippen molar-refractivity contribution in [2.75, 3.05) is 11.9 Å². The van der Waals surface area contributed by atoms with E-state index in [4.69, 9.17) is 4.74 Å². The van der Waals surface area contributed by atoms with Crippen molar-refractivity contribution in [2.24, 2.45) is 0 Å². The van der Waals surface area contributed by atoms with Crippen LogP contribution in [0.5, 0.6) is 5.75 Å². The Hall–Kier alpha value is -4.75. The quantitative estimate of drug-likeness (QED) is 0.185. The van der Waals surface area contributed by atoms with E-state index in [1.165, 1.54) is 17.4 Å². The van der Waals surface area contributed by atoms with Gasteiger partial charge in [-0.05, 0) is 90.0 Å². The maximum atomic E-state index is 13.1. The summed E-state index contributed by atoms with van der Waals surface area (Å²) < 4.78 is 5.60. The predicted molar refractivity (Wildman–Crippen MR) is 152 cm³/mol. The monoisotopic (exact) mass is 522 g/mol. The van der Waals surface area contributed by atoms with Crippen LogP contribution in [0.3, 0.4) is 0 Å². The number of anilines is 1. The molecule has 6 nitrogen and oxygen atoms in total. The summed E-state index contributed by atoms with van der Waals surface area (Å²) in [4.78, 5) is 38.5. The fourth-order valence-corrected chi connectivity index (χ4v) is 4.17. The van der Waals surface area contributed by atoms with Gasteiger partial charge in [0.1, 0.15) is 11.4 Å². The number of allylic oxidation sites excluding steroid dienone is 1. The van der Waals surface area contributed by atoms with Gasteiger partial charge in [0.15, 0.2) is 5.78 Å². The summed E-state index contributed by atoms with van der Waals surface area (Å²) >= 11 is 1.49. The summed E-state index contributed by atoms with van der Waals surface area (Å²) in [5.74, 6) is -0.335. The second kappa shape index (κ2) is 13.0. The number of benzene rings is 3. The number of carbonyl (C=O) groups excluding carboxylic acids is 3. The van der Waals surface area contributed by atoms with E-state index in [0.29, 0.717) is 29.2 Å². The Kier molecular flexibility index (Phi) is 8.99. The van der Waals surface area contributed by atoms with Gasteiger partial charge >= 0.3 is 0 Å². The average Bonchev–Trinajstić information content (AvgIpc) is 3.46. The molecule has 0 aliphatic rings. The predicted octanol–water partition coefficient (Wildman–Crippen LogP) is 6.45. The number of ether oxygens (including phenoxy) is 1. The van der Waals surface area contributed by atoms with Crippen LogP contribution < -0.4 is 15.4 Å². The number of para-hydroxylation sites is 1. The Morgan fingerprint density at radius 1 is 0.868 bits per heavy atom. The Morgan fingerprint density at radius 3 is 2.32 bits per heavy atom. The molecular weight excluding hydrogens is 496 g/mol. The van der Waals surface area contributed by atoms with Crippen molar-refractivity contribution in [3.05, 3.63) is 130 Å². The molecule has 0 fully saturated rings. The average molecular weight is 523 g/mol. The van der Waals surface area contributed by atoms with Crippen LogP contribution in [0.4, 0.5) is 5.69 Å². The number of thiophene rings is 1. The first-order chi connectivity index (χ1) is 18.5. The molecule has 0 aliphatic carbocycles. The van der Waals surface area contributed by atoms with Crippen molar-refractivity contribution in [1.29, 1.82) is 0 Å². The fourth-order valence-electron chi connectivity index (χ4n) is 3.55. The molecule has 38 heavy (non-hydrogen) atoms. The lowest BCUT2D eigenvalue weighted by molar-refractivity contribution is -0.113. The summed E-state index contributed by atoms with van der Waals surface area (Å²) in [6.07, 6.45) is 4.83. The van der Waals surface area contributed by atoms with Gasteiger partial charge in [-0.3, -0.25) is 14.4 Å². The number of carbonyl (C=O) groups is 3. The second-order valence-corrected chi connectivity index (χ2v) is 8.91. The van der Waals surface area contributed by atoms with Crippen LogP contribution >= 0.6 is 11.3 Å². The minimum Gasteiger partial charge on any atom is -0.493 e. The van der Waals surface area contributed by atoms with Crippen molar-refractivity contribution < 1.29 is 19.1 Å². The number of rotatable bonds is 10. The topological polar surface area (TPSA) is 84.5 Å². The molecule has 4 aromatic rings. The molecule has 0 spiro atoms. The highest BCUT2D eigenvalue weighted by Gasteiger charge is 2.15. The SMILES string of the molecule is CCOc1ccccc1/C=C/C(=O)c1ccc(NC(=O)/C(=C/c2ccsc2)NC(=O)c2ccccc2)cc1. The van der Waals surface area contributed by atoms with Gasteiger partial charge in [-0.1, -0.05) is 36.4 Å². The molecule has 1 heterocycles. The van der Waals surface area contributed by atoms with Gasteiger partial charge in [0.05, 0.1) is 6.61 Å². The molecule has 0 bridgehead atoms. The molecule has 4 rings (SSSR count). The summed E-state index contributed by atoms with van der Waals surface area (Å²) in [5.41, 5.74) is 3.12. The zero-order chi connectivity index (χ0) is 26.7. The Balaban J connectivity index is 1.45. The second-order valence-electron chi connectivity index (χ2n) is 8.13. The third kappa shape index (κ3) is 7.15. The van der Waals surface area contributed by atoms with Gasteiger partial charge in [-0.25, -0.2) is 0 Å². The van der Waals surface area contributed by atoms with Crippen molar-refractivity contribution in [2.45, 2.75) is 6.92 Å². The van der Waals surface area contributed by atoms with Crippen LogP contribution in [0.2, 0.25) is 0 Å². The van der Waals surface area contributed by atoms with E-state index in [1.54, 1.807) is 60.7 Å². The lowest BCUT2D eigenvalue weighted by atomic mass is 10.1. The fraction of sp³-hybridized carbons (Fsp3) is 0.0645. The van der Waals surface area contributed by atoms with Crippen LogP contribution in [0.25, 0.3) is 12.2 Å². The molecule has 7 heteroatoms. The molecule has 1 aromatic heterocycles. The maximum absolute atomic E-state index is 13.1. The molecule has 0 saturated carbocycles. The highest BCUT2D eigenvalue weighted by Crippen LogP contribution is 2.20. The van der Waals surface area contributed by atoms with Crippen LogP contribution in [-0.2, 0) is 4.79 Å². The van der Waals surface area contributed by atoms with Gasteiger partial charge in [-0.15, -0.1) is 0 Å². The summed E-state index contributed by atoms with van der Waals surface area (Å²) in [6.45, 7) is 2.44. The van der Waals surface area contributed by atoms with Crippen LogP contribution in [0.15, 0.2) is 107 Å². The highest BCUT2D eigenvalue weighted by atomic mass is 32.1. The zero-order valence-corrected chi connectivity index (χ0v) is 21.5. The van der Waals surface area contributed by atoms with Crippen LogP contribution in [0, 0.1) is 0 Å². The van der Waals surface area contributed by atoms with Gasteiger partial charge in [-0.2, -0.15) is 11.3 Å². The summed E-state index contributed by atoms with van der Waals surface area (Å²) in [6, 6.07) is 24.6. The van der Waals surface area contributed by atoms with Gasteiger partial charge in [0, 0.05) is 22.4 Å². The smallest absolute Gasteiger partial charge is 0.272 e. The van der Waals surface area contributed by atoms with Crippen molar-refractivity contribution >= 4 is 46.8 Å². The maximum Gasteiger partial charge on any atom is 0.272 e. The summed E-state index contributed by atoms with van der Waals surface area (Å²) in [7, 11) is 0. The van der Waals surface area contributed by atoms with Crippen LogP contribution in [-0.4, -0.2) is 24.2 Å². The minimum absolute atomic E-state index is 0.105. The molecule has 0 atom stereocenters. The number of hydrogen-bond donors (Lipinski definition) is 2. The standard InChI is InChI=1S/C31H26N2O4S/c1-2-37-29-11-7-6-8-24(29)14-17-28(34)23-12-15-26(16-13-23)32-31(36)27(20-22-18-19-38-21-22)33-30(35)25-9-4-3-5-10-25/h3-21H,2H2,1H3,(H,32,36)(H,33,35)/b17-14+,27-20-. The molecule has 2 N–H and O–H groups in total. The largest absolute Gasteiger partial charge is 0.493 e. The van der Waals surface area contributed by atoms with E-state index in [0.717, 1.165) is 11.1 Å².